The molecule has 0 saturated heterocycles. The van der Waals surface area contributed by atoms with Gasteiger partial charge < -0.3 is 15.0 Å². The number of ether oxygens (including phenoxy) is 1. The summed E-state index contributed by atoms with van der Waals surface area (Å²) in [5.74, 6) is 0. The first-order valence-electron chi connectivity index (χ1n) is 6.85. The number of para-hydroxylation sites is 1. The summed E-state index contributed by atoms with van der Waals surface area (Å²) in [7, 11) is 1.71. The van der Waals surface area contributed by atoms with E-state index in [9.17, 15) is 4.79 Å². The number of nitrogens with one attached hydrogen (secondary N) is 1. The molecule has 4 nitrogen and oxygen atoms in total. The maximum absolute atomic E-state index is 11.3. The third-order valence-electron chi connectivity index (χ3n) is 3.57. The summed E-state index contributed by atoms with van der Waals surface area (Å²) in [6.07, 6.45) is 2.84. The number of nitrogens with zero attached hydrogens (tertiary/aromatic N) is 1. The zero-order chi connectivity index (χ0) is 13.7. The molecule has 2 rings (SSSR count). The number of fused-ring (bicyclic) bond motifs is 1. The molecule has 0 aliphatic carbocycles. The first-order valence-corrected chi connectivity index (χ1v) is 6.85. The molecule has 0 radical (unpaired) electrons. The van der Waals surface area contributed by atoms with E-state index in [1.807, 2.05) is 17.0 Å². The Morgan fingerprint density at radius 1 is 1.47 bits per heavy atom. The molecule has 4 heteroatoms. The van der Waals surface area contributed by atoms with E-state index in [1.165, 1.54) is 5.56 Å². The Hall–Kier alpha value is -1.55. The highest BCUT2D eigenvalue weighted by Gasteiger charge is 2.29. The summed E-state index contributed by atoms with van der Waals surface area (Å²) in [6.45, 7) is 3.54. The molecule has 1 N–H and O–H groups in total. The molecule has 0 spiro atoms. The van der Waals surface area contributed by atoms with E-state index in [0.717, 1.165) is 31.5 Å². The second kappa shape index (κ2) is 6.57. The molecule has 1 aliphatic rings. The molecule has 104 valence electrons. The average molecular weight is 262 g/mol. The lowest BCUT2D eigenvalue weighted by molar-refractivity contribution is -0.120. The standard InChI is InChI=1S/C15H22N2O2/c1-3-8-17(11-18)15-9-12(10-19-2)16-14-7-5-4-6-13(14)15/h4-7,11-12,15-16H,3,8-10H2,1-2H3/t12-,15-/m1/s1. The van der Waals surface area contributed by atoms with Gasteiger partial charge in [0.25, 0.3) is 0 Å². The van der Waals surface area contributed by atoms with Crippen molar-refractivity contribution >= 4 is 12.1 Å². The first-order chi connectivity index (χ1) is 9.30. The summed E-state index contributed by atoms with van der Waals surface area (Å²) in [4.78, 5) is 13.2. The second-order valence-electron chi connectivity index (χ2n) is 4.98. The first kappa shape index (κ1) is 13.9. The lowest BCUT2D eigenvalue weighted by Crippen LogP contribution is -2.39. The predicted molar refractivity (Wildman–Crippen MR) is 76.1 cm³/mol. The van der Waals surface area contributed by atoms with Gasteiger partial charge in [-0.25, -0.2) is 0 Å². The molecule has 0 aromatic heterocycles. The largest absolute Gasteiger partial charge is 0.383 e. The van der Waals surface area contributed by atoms with Crippen molar-refractivity contribution in [2.75, 3.05) is 25.6 Å². The van der Waals surface area contributed by atoms with Gasteiger partial charge in [-0.3, -0.25) is 4.79 Å². The number of carbonyl (C=O) groups excluding carboxylic acids is 1. The maximum atomic E-state index is 11.3. The molecule has 1 amide bonds. The molecule has 1 aliphatic heterocycles. The molecule has 1 aromatic carbocycles. The molecule has 1 heterocycles. The molecule has 0 bridgehead atoms. The van der Waals surface area contributed by atoms with Gasteiger partial charge in [0, 0.05) is 19.3 Å². The summed E-state index contributed by atoms with van der Waals surface area (Å²) >= 11 is 0. The highest BCUT2D eigenvalue weighted by molar-refractivity contribution is 5.58. The van der Waals surface area contributed by atoms with E-state index in [4.69, 9.17) is 4.74 Å². The molecule has 19 heavy (non-hydrogen) atoms. The van der Waals surface area contributed by atoms with E-state index in [1.54, 1.807) is 7.11 Å². The fourth-order valence-corrected chi connectivity index (χ4v) is 2.76. The molecule has 0 fully saturated rings. The summed E-state index contributed by atoms with van der Waals surface area (Å²) in [6, 6.07) is 8.61. The molecular formula is C15H22N2O2. The van der Waals surface area contributed by atoms with Crippen LogP contribution in [0.5, 0.6) is 0 Å². The van der Waals surface area contributed by atoms with Gasteiger partial charge in [-0.05, 0) is 24.5 Å². The predicted octanol–water partition coefficient (Wildman–Crippen LogP) is 2.43. The summed E-state index contributed by atoms with van der Waals surface area (Å²) in [5, 5.41) is 3.48. The van der Waals surface area contributed by atoms with Gasteiger partial charge in [0.1, 0.15) is 0 Å². The SMILES string of the molecule is CCCN(C=O)[C@@H]1C[C@H](COC)Nc2ccccc21. The zero-order valence-electron chi connectivity index (χ0n) is 11.6. The minimum Gasteiger partial charge on any atom is -0.383 e. The van der Waals surface area contributed by atoms with Crippen LogP contribution in [0, 0.1) is 0 Å². The maximum Gasteiger partial charge on any atom is 0.210 e. The highest BCUT2D eigenvalue weighted by atomic mass is 16.5. The van der Waals surface area contributed by atoms with Gasteiger partial charge in [0.05, 0.1) is 18.7 Å². The van der Waals surface area contributed by atoms with Crippen molar-refractivity contribution in [3.63, 3.8) is 0 Å². The van der Waals surface area contributed by atoms with Crippen LogP contribution >= 0.6 is 0 Å². The third kappa shape index (κ3) is 3.07. The highest BCUT2D eigenvalue weighted by Crippen LogP contribution is 2.36. The fourth-order valence-electron chi connectivity index (χ4n) is 2.76. The number of amides is 1. The number of benzene rings is 1. The van der Waals surface area contributed by atoms with Gasteiger partial charge >= 0.3 is 0 Å². The van der Waals surface area contributed by atoms with Gasteiger partial charge in [-0.15, -0.1) is 0 Å². The molecular weight excluding hydrogens is 240 g/mol. The van der Waals surface area contributed by atoms with Crippen molar-refractivity contribution in [2.24, 2.45) is 0 Å². The van der Waals surface area contributed by atoms with Crippen LogP contribution in [0.1, 0.15) is 31.4 Å². The Balaban J connectivity index is 2.27. The van der Waals surface area contributed by atoms with Gasteiger partial charge in [0.15, 0.2) is 0 Å². The zero-order valence-corrected chi connectivity index (χ0v) is 11.6. The topological polar surface area (TPSA) is 41.6 Å². The van der Waals surface area contributed by atoms with E-state index in [0.29, 0.717) is 6.61 Å². The number of carbonyl (C=O) groups is 1. The number of methoxy groups -OCH3 is 1. The lowest BCUT2D eigenvalue weighted by atomic mass is 9.92. The smallest absolute Gasteiger partial charge is 0.210 e. The van der Waals surface area contributed by atoms with Crippen LogP contribution in [-0.4, -0.2) is 37.6 Å². The number of hydrogen-bond acceptors (Lipinski definition) is 3. The van der Waals surface area contributed by atoms with Crippen molar-refractivity contribution in [2.45, 2.75) is 31.8 Å². The van der Waals surface area contributed by atoms with E-state index in [2.05, 4.69) is 24.4 Å². The number of hydrogen-bond donors (Lipinski definition) is 1. The van der Waals surface area contributed by atoms with Crippen molar-refractivity contribution < 1.29 is 9.53 Å². The van der Waals surface area contributed by atoms with Crippen LogP contribution in [0.2, 0.25) is 0 Å². The average Bonchev–Trinajstić information content (AvgIpc) is 2.44. The van der Waals surface area contributed by atoms with E-state index >= 15 is 0 Å². The third-order valence-corrected chi connectivity index (χ3v) is 3.57. The van der Waals surface area contributed by atoms with Gasteiger partial charge in [-0.1, -0.05) is 25.1 Å². The van der Waals surface area contributed by atoms with Crippen molar-refractivity contribution in [3.05, 3.63) is 29.8 Å². The Labute approximate surface area is 114 Å². The quantitative estimate of drug-likeness (QED) is 0.801. The van der Waals surface area contributed by atoms with Gasteiger partial charge in [0.2, 0.25) is 6.41 Å². The van der Waals surface area contributed by atoms with E-state index < -0.39 is 0 Å². The van der Waals surface area contributed by atoms with Crippen LogP contribution in [-0.2, 0) is 9.53 Å². The number of rotatable bonds is 6. The van der Waals surface area contributed by atoms with Crippen LogP contribution in [0.15, 0.2) is 24.3 Å². The lowest BCUT2D eigenvalue weighted by Gasteiger charge is -2.37. The minimum atomic E-state index is 0.148. The summed E-state index contributed by atoms with van der Waals surface area (Å²) in [5.41, 5.74) is 2.32. The van der Waals surface area contributed by atoms with Crippen LogP contribution in [0.25, 0.3) is 0 Å². The Kier molecular flexibility index (Phi) is 4.80. The van der Waals surface area contributed by atoms with E-state index in [-0.39, 0.29) is 12.1 Å². The Bertz CT molecular complexity index is 422. The van der Waals surface area contributed by atoms with Crippen molar-refractivity contribution in [1.29, 1.82) is 0 Å². The van der Waals surface area contributed by atoms with Crippen LogP contribution < -0.4 is 5.32 Å². The van der Waals surface area contributed by atoms with Gasteiger partial charge in [-0.2, -0.15) is 0 Å². The molecule has 1 aromatic rings. The molecule has 0 saturated carbocycles. The Morgan fingerprint density at radius 2 is 2.26 bits per heavy atom. The van der Waals surface area contributed by atoms with Crippen molar-refractivity contribution in [1.82, 2.24) is 4.90 Å². The van der Waals surface area contributed by atoms with Crippen LogP contribution in [0.4, 0.5) is 5.69 Å². The molecule has 2 atom stereocenters. The minimum absolute atomic E-state index is 0.148. The van der Waals surface area contributed by atoms with Crippen LogP contribution in [0.3, 0.4) is 0 Å². The fraction of sp³-hybridized carbons (Fsp3) is 0.533. The van der Waals surface area contributed by atoms with Crippen molar-refractivity contribution in [3.8, 4) is 0 Å². The number of anilines is 1. The Morgan fingerprint density at radius 3 is 2.95 bits per heavy atom. The normalized spacial score (nSPS) is 21.4. The summed E-state index contributed by atoms with van der Waals surface area (Å²) < 4.78 is 5.25. The molecule has 0 unspecified atom stereocenters. The second-order valence-corrected chi connectivity index (χ2v) is 4.98. The monoisotopic (exact) mass is 262 g/mol.